The number of nitrogens with one attached hydrogen (secondary N) is 1. The molecule has 0 saturated carbocycles. The maximum Gasteiger partial charge on any atom is 0.410 e. The first kappa shape index (κ1) is 18.3. The number of nitrogens with zero attached hydrogens (tertiary/aromatic N) is 3. The summed E-state index contributed by atoms with van der Waals surface area (Å²) >= 11 is 0. The van der Waals surface area contributed by atoms with E-state index in [1.165, 1.54) is 0 Å². The van der Waals surface area contributed by atoms with E-state index in [1.54, 1.807) is 0 Å². The van der Waals surface area contributed by atoms with E-state index in [0.717, 1.165) is 49.9 Å². The minimum Gasteiger partial charge on any atom is -0.441 e. The quantitative estimate of drug-likeness (QED) is 0.860. The standard InChI is InChI=1S/C20H30N4O3/c1-3-14(4-2)12-24-13-20(27-19(24)26)8-10-23(11-9-20)18(25)17-15-6-5-7-16(15)21-22-17/h14H,3-13H2,1-2H3,(H,21,22). The number of hydrogen-bond acceptors (Lipinski definition) is 4. The summed E-state index contributed by atoms with van der Waals surface area (Å²) in [5, 5.41) is 7.29. The van der Waals surface area contributed by atoms with Crippen LogP contribution in [0.4, 0.5) is 4.79 Å². The van der Waals surface area contributed by atoms with Gasteiger partial charge in [-0.05, 0) is 25.2 Å². The van der Waals surface area contributed by atoms with Gasteiger partial charge in [0.25, 0.3) is 5.91 Å². The molecule has 2 fully saturated rings. The molecular weight excluding hydrogens is 344 g/mol. The van der Waals surface area contributed by atoms with Crippen molar-refractivity contribution in [1.29, 1.82) is 0 Å². The molecule has 2 aliphatic heterocycles. The molecule has 2 saturated heterocycles. The second-order valence-electron chi connectivity index (χ2n) is 8.29. The number of ether oxygens (including phenoxy) is 1. The molecule has 0 bridgehead atoms. The third-order valence-electron chi connectivity index (χ3n) is 6.65. The molecule has 3 heterocycles. The molecule has 1 aromatic heterocycles. The number of carbonyl (C=O) groups is 2. The Morgan fingerprint density at radius 3 is 2.70 bits per heavy atom. The van der Waals surface area contributed by atoms with Crippen LogP contribution < -0.4 is 0 Å². The fourth-order valence-electron chi connectivity index (χ4n) is 4.72. The zero-order chi connectivity index (χ0) is 19.0. The number of rotatable bonds is 5. The first-order valence-corrected chi connectivity index (χ1v) is 10.4. The van der Waals surface area contributed by atoms with Gasteiger partial charge in [0.2, 0.25) is 0 Å². The molecule has 0 radical (unpaired) electrons. The van der Waals surface area contributed by atoms with Crippen molar-refractivity contribution >= 4 is 12.0 Å². The summed E-state index contributed by atoms with van der Waals surface area (Å²) in [6, 6.07) is 0. The second kappa shape index (κ2) is 7.17. The topological polar surface area (TPSA) is 78.5 Å². The highest BCUT2D eigenvalue weighted by Crippen LogP contribution is 2.35. The van der Waals surface area contributed by atoms with Gasteiger partial charge in [-0.2, -0.15) is 5.10 Å². The predicted molar refractivity (Wildman–Crippen MR) is 101 cm³/mol. The molecule has 3 aliphatic rings. The van der Waals surface area contributed by atoms with Crippen molar-refractivity contribution in [2.75, 3.05) is 26.2 Å². The lowest BCUT2D eigenvalue weighted by Gasteiger charge is -2.37. The molecule has 1 aromatic rings. The van der Waals surface area contributed by atoms with E-state index in [2.05, 4.69) is 24.0 Å². The van der Waals surface area contributed by atoms with E-state index >= 15 is 0 Å². The molecule has 0 unspecified atom stereocenters. The number of H-pyrrole nitrogens is 1. The molecule has 1 aliphatic carbocycles. The van der Waals surface area contributed by atoms with Gasteiger partial charge in [-0.3, -0.25) is 9.89 Å². The molecule has 2 amide bonds. The Kier molecular flexibility index (Phi) is 4.86. The van der Waals surface area contributed by atoms with Gasteiger partial charge in [-0.15, -0.1) is 0 Å². The number of likely N-dealkylation sites (tertiary alicyclic amines) is 1. The van der Waals surface area contributed by atoms with Crippen LogP contribution in [0.15, 0.2) is 0 Å². The lowest BCUT2D eigenvalue weighted by molar-refractivity contribution is 0.00292. The highest BCUT2D eigenvalue weighted by Gasteiger charge is 2.48. The maximum absolute atomic E-state index is 12.9. The van der Waals surface area contributed by atoms with Crippen molar-refractivity contribution in [1.82, 2.24) is 20.0 Å². The van der Waals surface area contributed by atoms with Crippen LogP contribution in [-0.4, -0.2) is 63.8 Å². The van der Waals surface area contributed by atoms with Crippen molar-refractivity contribution in [2.45, 2.75) is 64.4 Å². The molecule has 0 aromatic carbocycles. The van der Waals surface area contributed by atoms with Gasteiger partial charge in [-0.25, -0.2) is 4.79 Å². The smallest absolute Gasteiger partial charge is 0.410 e. The van der Waals surface area contributed by atoms with Gasteiger partial charge >= 0.3 is 6.09 Å². The number of piperidine rings is 1. The van der Waals surface area contributed by atoms with Crippen molar-refractivity contribution < 1.29 is 14.3 Å². The van der Waals surface area contributed by atoms with Gasteiger partial charge in [0, 0.05) is 43.7 Å². The summed E-state index contributed by atoms with van der Waals surface area (Å²) < 4.78 is 5.81. The molecule has 27 heavy (non-hydrogen) atoms. The van der Waals surface area contributed by atoms with Crippen LogP contribution >= 0.6 is 0 Å². The molecule has 148 valence electrons. The number of carbonyl (C=O) groups excluding carboxylic acids is 2. The summed E-state index contributed by atoms with van der Waals surface area (Å²) in [6.07, 6.45) is 6.39. The fraction of sp³-hybridized carbons (Fsp3) is 0.750. The van der Waals surface area contributed by atoms with Crippen LogP contribution in [0, 0.1) is 5.92 Å². The van der Waals surface area contributed by atoms with Crippen LogP contribution in [-0.2, 0) is 17.6 Å². The fourth-order valence-corrected chi connectivity index (χ4v) is 4.72. The highest BCUT2D eigenvalue weighted by atomic mass is 16.6. The largest absolute Gasteiger partial charge is 0.441 e. The first-order chi connectivity index (χ1) is 13.0. The highest BCUT2D eigenvalue weighted by molar-refractivity contribution is 5.94. The number of aromatic nitrogens is 2. The van der Waals surface area contributed by atoms with Crippen LogP contribution in [0.1, 0.15) is 67.7 Å². The number of hydrogen-bond donors (Lipinski definition) is 1. The van der Waals surface area contributed by atoms with Crippen molar-refractivity contribution in [3.8, 4) is 0 Å². The zero-order valence-electron chi connectivity index (χ0n) is 16.4. The molecule has 1 spiro atoms. The van der Waals surface area contributed by atoms with E-state index in [1.807, 2.05) is 9.80 Å². The Morgan fingerprint density at radius 1 is 1.26 bits per heavy atom. The molecule has 7 heteroatoms. The van der Waals surface area contributed by atoms with E-state index in [-0.39, 0.29) is 12.0 Å². The summed E-state index contributed by atoms with van der Waals surface area (Å²) in [5.41, 5.74) is 2.39. The monoisotopic (exact) mass is 374 g/mol. The molecule has 4 rings (SSSR count). The Balaban J connectivity index is 1.37. The van der Waals surface area contributed by atoms with Gasteiger partial charge in [0.05, 0.1) is 6.54 Å². The van der Waals surface area contributed by atoms with E-state index < -0.39 is 5.60 Å². The Labute approximate surface area is 160 Å². The Bertz CT molecular complexity index is 717. The molecule has 1 N–H and O–H groups in total. The lowest BCUT2D eigenvalue weighted by Crippen LogP contribution is -2.49. The summed E-state index contributed by atoms with van der Waals surface area (Å²) in [5.74, 6) is 0.540. The SMILES string of the molecule is CCC(CC)CN1CC2(CCN(C(=O)c3n[nH]c4c3CCC4)CC2)OC1=O. The van der Waals surface area contributed by atoms with E-state index in [4.69, 9.17) is 4.74 Å². The molecule has 7 nitrogen and oxygen atoms in total. The number of aromatic amines is 1. The number of fused-ring (bicyclic) bond motifs is 1. The third-order valence-corrected chi connectivity index (χ3v) is 6.65. The van der Waals surface area contributed by atoms with Gasteiger partial charge in [0.1, 0.15) is 5.60 Å². The van der Waals surface area contributed by atoms with E-state index in [9.17, 15) is 9.59 Å². The molecular formula is C20H30N4O3. The summed E-state index contributed by atoms with van der Waals surface area (Å²) in [7, 11) is 0. The maximum atomic E-state index is 12.9. The summed E-state index contributed by atoms with van der Waals surface area (Å²) in [4.78, 5) is 29.0. The van der Waals surface area contributed by atoms with Crippen LogP contribution in [0.25, 0.3) is 0 Å². The second-order valence-corrected chi connectivity index (χ2v) is 8.29. The average molecular weight is 374 g/mol. The average Bonchev–Trinajstić information content (AvgIpc) is 3.35. The first-order valence-electron chi connectivity index (χ1n) is 10.4. The minimum atomic E-state index is -0.423. The van der Waals surface area contributed by atoms with Gasteiger partial charge in [0.15, 0.2) is 5.69 Å². The van der Waals surface area contributed by atoms with Gasteiger partial charge < -0.3 is 14.5 Å². The predicted octanol–water partition coefficient (Wildman–Crippen LogP) is 2.76. The third kappa shape index (κ3) is 3.32. The lowest BCUT2D eigenvalue weighted by atomic mass is 9.90. The summed E-state index contributed by atoms with van der Waals surface area (Å²) in [6.45, 7) is 7.00. The number of amides is 2. The van der Waals surface area contributed by atoms with Crippen molar-refractivity contribution in [3.63, 3.8) is 0 Å². The molecule has 0 atom stereocenters. The van der Waals surface area contributed by atoms with Crippen molar-refractivity contribution in [2.24, 2.45) is 5.92 Å². The van der Waals surface area contributed by atoms with Crippen LogP contribution in [0.2, 0.25) is 0 Å². The number of aryl methyl sites for hydroxylation is 1. The Morgan fingerprint density at radius 2 is 2.00 bits per heavy atom. The normalized spacial score (nSPS) is 21.2. The minimum absolute atomic E-state index is 0.0162. The zero-order valence-corrected chi connectivity index (χ0v) is 16.4. The van der Waals surface area contributed by atoms with Crippen molar-refractivity contribution in [3.05, 3.63) is 17.0 Å². The Hall–Kier alpha value is -2.05. The van der Waals surface area contributed by atoms with E-state index in [0.29, 0.717) is 44.1 Å². The van der Waals surface area contributed by atoms with Gasteiger partial charge in [-0.1, -0.05) is 26.7 Å². The van der Waals surface area contributed by atoms with Crippen LogP contribution in [0.3, 0.4) is 0 Å². The van der Waals surface area contributed by atoms with Crippen LogP contribution in [0.5, 0.6) is 0 Å².